The van der Waals surface area contributed by atoms with Gasteiger partial charge in [0.15, 0.2) is 6.29 Å². The molecule has 3 atom stereocenters. The highest BCUT2D eigenvalue weighted by molar-refractivity contribution is 7.36. The molecule has 0 aliphatic carbocycles. The number of aliphatic hydroxyl groups excluding tert-OH is 1. The van der Waals surface area contributed by atoms with E-state index >= 15 is 0 Å². The van der Waals surface area contributed by atoms with Gasteiger partial charge in [-0.3, -0.25) is 0 Å². The normalized spacial score (nSPS) is 15.3. The maximum atomic E-state index is 9.07. The Hall–Kier alpha value is 0.0900. The lowest BCUT2D eigenvalue weighted by molar-refractivity contribution is -0.109. The van der Waals surface area contributed by atoms with Crippen LogP contribution in [0.2, 0.25) is 0 Å². The molecule has 0 aromatic carbocycles. The van der Waals surface area contributed by atoms with Crippen LogP contribution in [0.4, 0.5) is 0 Å². The fourth-order valence-electron chi connectivity index (χ4n) is 1.04. The molecule has 0 saturated carbocycles. The van der Waals surface area contributed by atoms with E-state index in [9.17, 15) is 0 Å². The fraction of sp³-hybridized carbons (Fsp3) is 0.833. The second-order valence-electron chi connectivity index (χ2n) is 3.00. The van der Waals surface area contributed by atoms with Gasteiger partial charge in [-0.25, -0.2) is 0 Å². The second kappa shape index (κ2) is 14.1. The van der Waals surface area contributed by atoms with Gasteiger partial charge in [0.25, 0.3) is 0 Å². The lowest BCUT2D eigenvalue weighted by Gasteiger charge is -2.15. The van der Waals surface area contributed by atoms with Crippen molar-refractivity contribution in [3.63, 3.8) is 0 Å². The van der Waals surface area contributed by atoms with Gasteiger partial charge in [-0.1, -0.05) is 32.9 Å². The average molecular weight is 234 g/mol. The van der Waals surface area contributed by atoms with E-state index in [0.717, 1.165) is 21.4 Å². The third kappa shape index (κ3) is 14.1. The van der Waals surface area contributed by atoms with Crippen molar-refractivity contribution < 1.29 is 9.84 Å². The molecular weight excluding hydrogens is 207 g/mol. The van der Waals surface area contributed by atoms with E-state index in [2.05, 4.69) is 19.7 Å². The second-order valence-corrected chi connectivity index (χ2v) is 4.21. The predicted octanol–water partition coefficient (Wildman–Crippen LogP) is 3.40. The minimum atomic E-state index is -0.660. The van der Waals surface area contributed by atoms with Crippen molar-refractivity contribution in [3.05, 3.63) is 12.2 Å². The van der Waals surface area contributed by atoms with Gasteiger partial charge in [0.2, 0.25) is 0 Å². The van der Waals surface area contributed by atoms with Gasteiger partial charge in [0.05, 0.1) is 6.10 Å². The quantitative estimate of drug-likeness (QED) is 0.415. The van der Waals surface area contributed by atoms with E-state index in [1.165, 1.54) is 6.16 Å². The van der Waals surface area contributed by atoms with E-state index in [4.69, 9.17) is 9.84 Å². The summed E-state index contributed by atoms with van der Waals surface area (Å²) in [4.78, 5) is 0. The topological polar surface area (TPSA) is 29.5 Å². The van der Waals surface area contributed by atoms with Crippen molar-refractivity contribution in [3.8, 4) is 0 Å². The molecule has 0 aliphatic heterocycles. The summed E-state index contributed by atoms with van der Waals surface area (Å²) >= 11 is 0. The van der Waals surface area contributed by atoms with Crippen molar-refractivity contribution in [2.24, 2.45) is 0 Å². The molecule has 1 N–H and O–H groups in total. The largest absolute Gasteiger partial charge is 0.368 e. The maximum Gasteiger partial charge on any atom is 0.152 e. The number of hydrogen-bond donors (Lipinski definition) is 1. The average Bonchev–Trinajstić information content (AvgIpc) is 2.24. The zero-order valence-electron chi connectivity index (χ0n) is 10.8. The van der Waals surface area contributed by atoms with E-state index in [1.54, 1.807) is 6.92 Å². The Balaban J connectivity index is 0. The Kier molecular flexibility index (Phi) is 16.4. The number of aliphatic hydroxyl groups is 1. The summed E-state index contributed by atoms with van der Waals surface area (Å²) in [5.74, 6) is 0. The van der Waals surface area contributed by atoms with Gasteiger partial charge in [0, 0.05) is 0 Å². The smallest absolute Gasteiger partial charge is 0.152 e. The molecule has 0 fully saturated rings. The first kappa shape index (κ1) is 17.5. The SMILES string of the molecule is CC.CC/C=C\[C@H](CCPC)OC(C)O. The molecule has 0 amide bonds. The number of rotatable bonds is 7. The third-order valence-electron chi connectivity index (χ3n) is 1.64. The Labute approximate surface area is 96.9 Å². The van der Waals surface area contributed by atoms with Gasteiger partial charge >= 0.3 is 0 Å². The van der Waals surface area contributed by atoms with Gasteiger partial charge in [0.1, 0.15) is 0 Å². The Morgan fingerprint density at radius 1 is 1.40 bits per heavy atom. The van der Waals surface area contributed by atoms with Gasteiger partial charge < -0.3 is 9.84 Å². The molecule has 2 nitrogen and oxygen atoms in total. The molecule has 92 valence electrons. The van der Waals surface area contributed by atoms with Crippen LogP contribution in [0.25, 0.3) is 0 Å². The highest BCUT2D eigenvalue weighted by Crippen LogP contribution is 2.11. The molecule has 0 saturated heterocycles. The number of allylic oxidation sites excluding steroid dienone is 1. The Morgan fingerprint density at radius 2 is 2.00 bits per heavy atom. The minimum absolute atomic E-state index is 0.0902. The highest BCUT2D eigenvalue weighted by atomic mass is 31.1. The van der Waals surface area contributed by atoms with E-state index in [0.29, 0.717) is 0 Å². The molecule has 0 aromatic rings. The molecule has 0 rings (SSSR count). The zero-order valence-corrected chi connectivity index (χ0v) is 11.8. The van der Waals surface area contributed by atoms with E-state index < -0.39 is 6.29 Å². The molecule has 2 unspecified atom stereocenters. The fourth-order valence-corrected chi connectivity index (χ4v) is 1.61. The summed E-state index contributed by atoms with van der Waals surface area (Å²) in [6.07, 6.45) is 6.77. The van der Waals surface area contributed by atoms with Crippen molar-refractivity contribution >= 4 is 8.58 Å². The van der Waals surface area contributed by atoms with Crippen LogP contribution in [0.1, 0.15) is 40.5 Å². The summed E-state index contributed by atoms with van der Waals surface area (Å²) in [6.45, 7) is 9.93. The molecule has 0 spiro atoms. The van der Waals surface area contributed by atoms with E-state index in [-0.39, 0.29) is 6.10 Å². The molecule has 0 aliphatic rings. The predicted molar refractivity (Wildman–Crippen MR) is 71.1 cm³/mol. The van der Waals surface area contributed by atoms with Gasteiger partial charge in [-0.2, -0.15) is 0 Å². The van der Waals surface area contributed by atoms with Crippen LogP contribution in [0, 0.1) is 0 Å². The first-order chi connectivity index (χ1) is 7.20. The number of hydrogen-bond acceptors (Lipinski definition) is 2. The van der Waals surface area contributed by atoms with Crippen molar-refractivity contribution in [2.75, 3.05) is 12.8 Å². The number of ether oxygens (including phenoxy) is 1. The van der Waals surface area contributed by atoms with Gasteiger partial charge in [-0.15, -0.1) is 8.58 Å². The van der Waals surface area contributed by atoms with Crippen LogP contribution >= 0.6 is 8.58 Å². The monoisotopic (exact) mass is 234 g/mol. The Bertz CT molecular complexity index is 136. The maximum absolute atomic E-state index is 9.07. The van der Waals surface area contributed by atoms with Crippen molar-refractivity contribution in [1.82, 2.24) is 0 Å². The van der Waals surface area contributed by atoms with Gasteiger partial charge in [-0.05, 0) is 32.6 Å². The molecule has 3 heteroatoms. The van der Waals surface area contributed by atoms with Crippen LogP contribution in [0.15, 0.2) is 12.2 Å². The van der Waals surface area contributed by atoms with Crippen LogP contribution in [0.5, 0.6) is 0 Å². The molecule has 0 aromatic heterocycles. The third-order valence-corrected chi connectivity index (χ3v) is 2.43. The standard InChI is InChI=1S/C10H21O2P.C2H6/c1-4-5-6-10(7-8-13-3)12-9(2)11;1-2/h5-6,9-11,13H,4,7-8H2,1-3H3;1-2H3/b6-5-;/t9?,10-;/m1./s1. The van der Waals surface area contributed by atoms with Crippen molar-refractivity contribution in [2.45, 2.75) is 52.9 Å². The summed E-state index contributed by atoms with van der Waals surface area (Å²) in [5.41, 5.74) is 0. The lowest BCUT2D eigenvalue weighted by Crippen LogP contribution is -2.18. The molecule has 0 heterocycles. The van der Waals surface area contributed by atoms with Crippen LogP contribution < -0.4 is 0 Å². The summed E-state index contributed by atoms with van der Waals surface area (Å²) < 4.78 is 5.33. The molecule has 0 bridgehead atoms. The summed E-state index contributed by atoms with van der Waals surface area (Å²) in [7, 11) is 0.957. The van der Waals surface area contributed by atoms with Crippen LogP contribution in [-0.2, 0) is 4.74 Å². The summed E-state index contributed by atoms with van der Waals surface area (Å²) in [5, 5.41) is 9.07. The molecule has 0 radical (unpaired) electrons. The van der Waals surface area contributed by atoms with Crippen molar-refractivity contribution in [1.29, 1.82) is 0 Å². The molecular formula is C12H27O2P. The van der Waals surface area contributed by atoms with Crippen LogP contribution in [-0.4, -0.2) is 30.3 Å². The Morgan fingerprint density at radius 3 is 2.40 bits per heavy atom. The first-order valence-corrected chi connectivity index (χ1v) is 7.56. The summed E-state index contributed by atoms with van der Waals surface area (Å²) in [6, 6.07) is 0. The van der Waals surface area contributed by atoms with Crippen LogP contribution in [0.3, 0.4) is 0 Å². The lowest BCUT2D eigenvalue weighted by atomic mass is 10.2. The minimum Gasteiger partial charge on any atom is -0.368 e. The van der Waals surface area contributed by atoms with E-state index in [1.807, 2.05) is 19.9 Å². The highest BCUT2D eigenvalue weighted by Gasteiger charge is 2.06. The molecule has 15 heavy (non-hydrogen) atoms. The first-order valence-electron chi connectivity index (χ1n) is 5.85. The zero-order chi connectivity index (χ0) is 12.1.